The maximum Gasteiger partial charge on any atom is 0.326 e. The molecule has 28 heavy (non-hydrogen) atoms. The zero-order valence-electron chi connectivity index (χ0n) is 14.8. The van der Waals surface area contributed by atoms with Crippen molar-refractivity contribution in [3.05, 3.63) is 0 Å². The normalized spacial score (nSPS) is 13.5. The van der Waals surface area contributed by atoms with Crippen LogP contribution in [0.4, 0.5) is 0 Å². The zero-order chi connectivity index (χ0) is 21.9. The van der Waals surface area contributed by atoms with Crippen LogP contribution in [-0.2, 0) is 28.8 Å². The lowest BCUT2D eigenvalue weighted by Crippen LogP contribution is -2.55. The minimum absolute atomic E-state index is 0.303. The number of carbonyl (C=O) groups excluding carboxylic acids is 5. The molecule has 0 saturated carbocycles. The highest BCUT2D eigenvalue weighted by Crippen LogP contribution is 2.00. The van der Waals surface area contributed by atoms with E-state index in [0.29, 0.717) is 0 Å². The molecule has 5 amide bonds. The topological polar surface area (TPSA) is 257 Å². The molecule has 0 rings (SSSR count). The summed E-state index contributed by atoms with van der Waals surface area (Å²) in [7, 11) is 0. The van der Waals surface area contributed by atoms with Crippen LogP contribution in [0.25, 0.3) is 0 Å². The molecule has 14 heteroatoms. The van der Waals surface area contributed by atoms with Gasteiger partial charge in [0.05, 0.1) is 19.6 Å². The molecule has 3 unspecified atom stereocenters. The Morgan fingerprint density at radius 1 is 0.893 bits per heavy atom. The van der Waals surface area contributed by atoms with E-state index in [1.165, 1.54) is 0 Å². The molecule has 0 fully saturated rings. The monoisotopic (exact) mass is 404 g/mol. The summed E-state index contributed by atoms with van der Waals surface area (Å²) >= 11 is 0. The van der Waals surface area contributed by atoms with Gasteiger partial charge in [-0.15, -0.1) is 0 Å². The van der Waals surface area contributed by atoms with Crippen LogP contribution in [0.1, 0.15) is 19.3 Å². The van der Waals surface area contributed by atoms with Gasteiger partial charge in [0.15, 0.2) is 0 Å². The number of rotatable bonds is 13. The predicted octanol–water partition coefficient (Wildman–Crippen LogP) is -5.38. The van der Waals surface area contributed by atoms with Gasteiger partial charge in [0.25, 0.3) is 0 Å². The van der Waals surface area contributed by atoms with Crippen molar-refractivity contribution in [2.24, 2.45) is 17.2 Å². The molecule has 158 valence electrons. The Hall–Kier alpha value is -3.26. The first kappa shape index (κ1) is 24.7. The molecule has 0 aromatic rings. The second-order valence-corrected chi connectivity index (χ2v) is 5.70. The molecule has 0 aliphatic rings. The third kappa shape index (κ3) is 10.0. The van der Waals surface area contributed by atoms with Crippen LogP contribution in [0, 0.1) is 0 Å². The number of carboxylic acid groups (broad SMARTS) is 1. The standard InChI is InChI=1S/C14H24N6O8/c15-6(5-21)12(25)18-4-11(24)19-8(3-10(17)23)13(26)20-7(14(27)28)1-2-9(16)22/h6-8,21H,1-5,15H2,(H2,16,22)(H2,17,23)(H,18,25)(H,19,24)(H,20,26)(H,27,28). The van der Waals surface area contributed by atoms with E-state index in [0.717, 1.165) is 0 Å². The van der Waals surface area contributed by atoms with Crippen LogP contribution in [-0.4, -0.2) is 77.0 Å². The van der Waals surface area contributed by atoms with Crippen molar-refractivity contribution >= 4 is 35.5 Å². The molecule has 0 aliphatic heterocycles. The third-order valence-electron chi connectivity index (χ3n) is 3.31. The summed E-state index contributed by atoms with van der Waals surface area (Å²) in [5, 5.41) is 24.1. The van der Waals surface area contributed by atoms with Crippen molar-refractivity contribution in [1.29, 1.82) is 0 Å². The molecule has 14 nitrogen and oxygen atoms in total. The van der Waals surface area contributed by atoms with Gasteiger partial charge in [-0.2, -0.15) is 0 Å². The molecule has 0 aromatic carbocycles. The Balaban J connectivity index is 4.94. The fourth-order valence-corrected chi connectivity index (χ4v) is 1.85. The van der Waals surface area contributed by atoms with Gasteiger partial charge in [-0.05, 0) is 6.42 Å². The number of aliphatic carboxylic acids is 1. The number of hydrogen-bond acceptors (Lipinski definition) is 8. The predicted molar refractivity (Wildman–Crippen MR) is 91.8 cm³/mol. The second-order valence-electron chi connectivity index (χ2n) is 5.70. The van der Waals surface area contributed by atoms with Gasteiger partial charge in [-0.25, -0.2) is 4.79 Å². The number of carboxylic acids is 1. The van der Waals surface area contributed by atoms with Crippen molar-refractivity contribution in [3.8, 4) is 0 Å². The number of aliphatic hydroxyl groups is 1. The molecule has 3 atom stereocenters. The van der Waals surface area contributed by atoms with E-state index in [1.54, 1.807) is 0 Å². The maximum atomic E-state index is 12.2. The summed E-state index contributed by atoms with van der Waals surface area (Å²) in [6.07, 6.45) is -1.27. The van der Waals surface area contributed by atoms with Crippen molar-refractivity contribution in [3.63, 3.8) is 0 Å². The van der Waals surface area contributed by atoms with E-state index in [9.17, 15) is 28.8 Å². The largest absolute Gasteiger partial charge is 0.480 e. The summed E-state index contributed by atoms with van der Waals surface area (Å²) in [6.45, 7) is -1.28. The fourth-order valence-electron chi connectivity index (χ4n) is 1.85. The lowest BCUT2D eigenvalue weighted by Gasteiger charge is -2.20. The SMILES string of the molecule is NC(=O)CCC(NC(=O)C(CC(N)=O)NC(=O)CNC(=O)C(N)CO)C(=O)O. The number of primary amides is 2. The van der Waals surface area contributed by atoms with Crippen molar-refractivity contribution in [1.82, 2.24) is 16.0 Å². The summed E-state index contributed by atoms with van der Waals surface area (Å²) in [5.74, 6) is -5.96. The van der Waals surface area contributed by atoms with Crippen molar-refractivity contribution in [2.45, 2.75) is 37.4 Å². The molecule has 0 spiro atoms. The van der Waals surface area contributed by atoms with E-state index >= 15 is 0 Å². The van der Waals surface area contributed by atoms with Gasteiger partial charge < -0.3 is 43.4 Å². The van der Waals surface area contributed by atoms with Gasteiger partial charge >= 0.3 is 5.97 Å². The van der Waals surface area contributed by atoms with E-state index in [-0.39, 0.29) is 12.8 Å². The zero-order valence-corrected chi connectivity index (χ0v) is 14.8. The average molecular weight is 404 g/mol. The highest BCUT2D eigenvalue weighted by Gasteiger charge is 2.28. The highest BCUT2D eigenvalue weighted by molar-refractivity contribution is 5.95. The van der Waals surface area contributed by atoms with Crippen molar-refractivity contribution < 1.29 is 39.0 Å². The van der Waals surface area contributed by atoms with Crippen LogP contribution < -0.4 is 33.2 Å². The first-order valence-corrected chi connectivity index (χ1v) is 8.01. The number of nitrogens with one attached hydrogen (secondary N) is 3. The molecule has 11 N–H and O–H groups in total. The first-order valence-electron chi connectivity index (χ1n) is 8.01. The fraction of sp³-hybridized carbons (Fsp3) is 0.571. The van der Waals surface area contributed by atoms with Crippen molar-refractivity contribution in [2.75, 3.05) is 13.2 Å². The molecule has 0 bridgehead atoms. The Bertz CT molecular complexity index is 625. The van der Waals surface area contributed by atoms with E-state index in [2.05, 4.69) is 16.0 Å². The van der Waals surface area contributed by atoms with E-state index < -0.39 is 73.2 Å². The Kier molecular flexibility index (Phi) is 10.8. The number of amides is 5. The Labute approximate surface area is 159 Å². The Morgan fingerprint density at radius 3 is 1.96 bits per heavy atom. The van der Waals surface area contributed by atoms with Crippen LogP contribution >= 0.6 is 0 Å². The number of nitrogens with two attached hydrogens (primary N) is 3. The van der Waals surface area contributed by atoms with Gasteiger partial charge in [-0.1, -0.05) is 0 Å². The molecule has 0 radical (unpaired) electrons. The summed E-state index contributed by atoms with van der Waals surface area (Å²) < 4.78 is 0. The van der Waals surface area contributed by atoms with Gasteiger partial charge in [0.2, 0.25) is 29.5 Å². The van der Waals surface area contributed by atoms with Crippen LogP contribution in [0.15, 0.2) is 0 Å². The molecule has 0 saturated heterocycles. The van der Waals surface area contributed by atoms with E-state index in [4.69, 9.17) is 27.4 Å². The molecule has 0 aromatic heterocycles. The number of hydrogen-bond donors (Lipinski definition) is 8. The van der Waals surface area contributed by atoms with Crippen LogP contribution in [0.3, 0.4) is 0 Å². The van der Waals surface area contributed by atoms with Gasteiger partial charge in [0.1, 0.15) is 18.1 Å². The molecule has 0 heterocycles. The number of carbonyl (C=O) groups is 6. The Morgan fingerprint density at radius 2 is 1.50 bits per heavy atom. The summed E-state index contributed by atoms with van der Waals surface area (Å²) in [6, 6.07) is -4.27. The van der Waals surface area contributed by atoms with Crippen LogP contribution in [0.5, 0.6) is 0 Å². The smallest absolute Gasteiger partial charge is 0.326 e. The number of aliphatic hydroxyl groups excluding tert-OH is 1. The molecular weight excluding hydrogens is 380 g/mol. The van der Waals surface area contributed by atoms with Crippen LogP contribution in [0.2, 0.25) is 0 Å². The quantitative estimate of drug-likeness (QED) is 0.145. The highest BCUT2D eigenvalue weighted by atomic mass is 16.4. The van der Waals surface area contributed by atoms with Gasteiger partial charge in [0, 0.05) is 6.42 Å². The first-order chi connectivity index (χ1) is 13.0. The van der Waals surface area contributed by atoms with E-state index in [1.807, 2.05) is 0 Å². The minimum atomic E-state index is -1.52. The summed E-state index contributed by atoms with van der Waals surface area (Å²) in [5.41, 5.74) is 15.2. The molecular formula is C14H24N6O8. The van der Waals surface area contributed by atoms with Gasteiger partial charge in [-0.3, -0.25) is 24.0 Å². The maximum absolute atomic E-state index is 12.2. The summed E-state index contributed by atoms with van der Waals surface area (Å²) in [4.78, 5) is 68.5. The molecule has 0 aliphatic carbocycles. The minimum Gasteiger partial charge on any atom is -0.480 e. The average Bonchev–Trinajstić information content (AvgIpc) is 2.60. The lowest BCUT2D eigenvalue weighted by molar-refractivity contribution is -0.142. The third-order valence-corrected chi connectivity index (χ3v) is 3.31. The lowest BCUT2D eigenvalue weighted by atomic mass is 10.1. The second kappa shape index (κ2) is 12.2.